The highest BCUT2D eigenvalue weighted by atomic mass is 28.4. The third-order valence-corrected chi connectivity index (χ3v) is 14.4. The molecule has 0 aliphatic heterocycles. The lowest BCUT2D eigenvalue weighted by Crippen LogP contribution is -2.45. The standard InChI is InChI=1S/C28H54OSi2/c1-7-9-11-17-25-19-13-15-21-27(25)23-30(3,4)29-31(5,6)24-28-22-16-14-20-26(28)18-12-10-8-2/h7-24H2,1-6H3. The van der Waals surface area contributed by atoms with Crippen molar-refractivity contribution in [2.75, 3.05) is 0 Å². The third-order valence-electron chi connectivity index (χ3n) is 7.41. The van der Waals surface area contributed by atoms with Gasteiger partial charge in [0, 0.05) is 0 Å². The Morgan fingerprint density at radius 1 is 0.548 bits per heavy atom. The van der Waals surface area contributed by atoms with Crippen LogP contribution in [0, 0.1) is 0 Å². The molecule has 180 valence electrons. The van der Waals surface area contributed by atoms with Crippen LogP contribution in [0.1, 0.15) is 117 Å². The summed E-state index contributed by atoms with van der Waals surface area (Å²) >= 11 is 0. The molecule has 0 bridgehead atoms. The first-order chi connectivity index (χ1) is 14.8. The number of hydrogen-bond donors (Lipinski definition) is 0. The number of hydrogen-bond acceptors (Lipinski definition) is 1. The Kier molecular flexibility index (Phi) is 11.9. The zero-order valence-corrected chi connectivity index (χ0v) is 24.1. The predicted octanol–water partition coefficient (Wildman–Crippen LogP) is 10.3. The Balaban J connectivity index is 2.02. The summed E-state index contributed by atoms with van der Waals surface area (Å²) in [4.78, 5) is 0. The fraction of sp³-hybridized carbons (Fsp3) is 0.857. The molecule has 0 saturated carbocycles. The van der Waals surface area contributed by atoms with Crippen molar-refractivity contribution in [3.8, 4) is 0 Å². The molecule has 0 atom stereocenters. The van der Waals surface area contributed by atoms with Gasteiger partial charge in [-0.15, -0.1) is 0 Å². The molecule has 2 aliphatic carbocycles. The van der Waals surface area contributed by atoms with Gasteiger partial charge in [0.2, 0.25) is 0 Å². The summed E-state index contributed by atoms with van der Waals surface area (Å²) in [6.45, 7) is 14.7. The molecule has 3 heteroatoms. The van der Waals surface area contributed by atoms with Crippen molar-refractivity contribution in [1.29, 1.82) is 0 Å². The highest BCUT2D eigenvalue weighted by Gasteiger charge is 2.35. The molecule has 31 heavy (non-hydrogen) atoms. The highest BCUT2D eigenvalue weighted by molar-refractivity contribution is 6.85. The number of rotatable bonds is 14. The van der Waals surface area contributed by atoms with Crippen LogP contribution in [0.3, 0.4) is 0 Å². The number of unbranched alkanes of at least 4 members (excludes halogenated alkanes) is 4. The van der Waals surface area contributed by atoms with E-state index in [9.17, 15) is 0 Å². The van der Waals surface area contributed by atoms with E-state index in [1.807, 2.05) is 22.3 Å². The van der Waals surface area contributed by atoms with Crippen LogP contribution in [-0.2, 0) is 4.12 Å². The first-order valence-corrected chi connectivity index (χ1v) is 20.1. The molecule has 0 N–H and O–H groups in total. The lowest BCUT2D eigenvalue weighted by atomic mass is 9.89. The Morgan fingerprint density at radius 2 is 0.903 bits per heavy atom. The van der Waals surface area contributed by atoms with Crippen molar-refractivity contribution in [1.82, 2.24) is 0 Å². The van der Waals surface area contributed by atoms with Gasteiger partial charge in [-0.3, -0.25) is 0 Å². The van der Waals surface area contributed by atoms with E-state index >= 15 is 0 Å². The second-order valence-electron chi connectivity index (χ2n) is 11.7. The van der Waals surface area contributed by atoms with E-state index in [0.717, 1.165) is 0 Å². The molecule has 0 heterocycles. The van der Waals surface area contributed by atoms with Crippen LogP contribution in [-0.4, -0.2) is 16.6 Å². The maximum Gasteiger partial charge on any atom is 0.177 e. The SMILES string of the molecule is CCCCCC1=C(C[Si](C)(C)O[Si](C)(C)CC2=C(CCCCC)CCCC2)CCCC1. The highest BCUT2D eigenvalue weighted by Crippen LogP contribution is 2.38. The normalized spacial score (nSPS) is 18.8. The molecule has 0 fully saturated rings. The summed E-state index contributed by atoms with van der Waals surface area (Å²) in [6, 6.07) is 2.60. The van der Waals surface area contributed by atoms with E-state index in [1.165, 1.54) is 115 Å². The molecule has 1 nitrogen and oxygen atoms in total. The monoisotopic (exact) mass is 462 g/mol. The molecule has 0 radical (unpaired) electrons. The molecule has 2 rings (SSSR count). The smallest absolute Gasteiger partial charge is 0.177 e. The zero-order valence-electron chi connectivity index (χ0n) is 22.1. The third kappa shape index (κ3) is 10.1. The van der Waals surface area contributed by atoms with Gasteiger partial charge in [-0.05, 0) is 115 Å². The van der Waals surface area contributed by atoms with Crippen molar-refractivity contribution in [2.45, 2.75) is 155 Å². The molecule has 0 aromatic rings. The van der Waals surface area contributed by atoms with Gasteiger partial charge in [-0.2, -0.15) is 0 Å². The fourth-order valence-corrected chi connectivity index (χ4v) is 15.6. The average Bonchev–Trinajstić information content (AvgIpc) is 2.69. The van der Waals surface area contributed by atoms with E-state index in [2.05, 4.69) is 40.0 Å². The molecule has 0 aromatic heterocycles. The van der Waals surface area contributed by atoms with E-state index in [4.69, 9.17) is 4.12 Å². The minimum Gasteiger partial charge on any atom is -0.455 e. The number of allylic oxidation sites excluding steroid dienone is 4. The molecule has 0 aromatic carbocycles. The summed E-state index contributed by atoms with van der Waals surface area (Å²) in [6.07, 6.45) is 22.1. The first-order valence-electron chi connectivity index (χ1n) is 13.9. The van der Waals surface area contributed by atoms with E-state index in [-0.39, 0.29) is 0 Å². The topological polar surface area (TPSA) is 9.23 Å². The predicted molar refractivity (Wildman–Crippen MR) is 145 cm³/mol. The summed E-state index contributed by atoms with van der Waals surface area (Å²) in [5.41, 5.74) is 7.30. The van der Waals surface area contributed by atoms with Crippen molar-refractivity contribution in [3.63, 3.8) is 0 Å². The van der Waals surface area contributed by atoms with Gasteiger partial charge in [0.15, 0.2) is 16.6 Å². The molecular formula is C28H54OSi2. The molecule has 0 spiro atoms. The Morgan fingerprint density at radius 3 is 1.26 bits per heavy atom. The largest absolute Gasteiger partial charge is 0.455 e. The van der Waals surface area contributed by atoms with E-state index in [0.29, 0.717) is 0 Å². The van der Waals surface area contributed by atoms with Crippen molar-refractivity contribution >= 4 is 16.6 Å². The molecule has 2 aliphatic rings. The van der Waals surface area contributed by atoms with Gasteiger partial charge in [-0.25, -0.2) is 0 Å². The Bertz CT molecular complexity index is 548. The minimum atomic E-state index is -1.67. The maximum absolute atomic E-state index is 7.19. The molecular weight excluding hydrogens is 408 g/mol. The van der Waals surface area contributed by atoms with Crippen LogP contribution in [0.5, 0.6) is 0 Å². The lowest BCUT2D eigenvalue weighted by molar-refractivity contribution is 0.533. The maximum atomic E-state index is 7.19. The van der Waals surface area contributed by atoms with Crippen LogP contribution in [0.2, 0.25) is 38.3 Å². The summed E-state index contributed by atoms with van der Waals surface area (Å²) in [5.74, 6) is 0. The lowest BCUT2D eigenvalue weighted by Gasteiger charge is -2.37. The summed E-state index contributed by atoms with van der Waals surface area (Å²) in [7, 11) is -3.34. The van der Waals surface area contributed by atoms with Crippen LogP contribution in [0.15, 0.2) is 22.3 Å². The fourth-order valence-electron chi connectivity index (χ4n) is 6.12. The second-order valence-corrected chi connectivity index (χ2v) is 20.3. The zero-order chi connectivity index (χ0) is 22.7. The van der Waals surface area contributed by atoms with Crippen molar-refractivity contribution in [3.05, 3.63) is 22.3 Å². The van der Waals surface area contributed by atoms with Crippen molar-refractivity contribution < 1.29 is 4.12 Å². The quantitative estimate of drug-likeness (QED) is 0.142. The molecule has 0 saturated heterocycles. The van der Waals surface area contributed by atoms with Crippen LogP contribution in [0.25, 0.3) is 0 Å². The minimum absolute atomic E-state index is 1.30. The van der Waals surface area contributed by atoms with Gasteiger partial charge in [0.25, 0.3) is 0 Å². The van der Waals surface area contributed by atoms with E-state index in [1.54, 1.807) is 0 Å². The van der Waals surface area contributed by atoms with Gasteiger partial charge >= 0.3 is 0 Å². The van der Waals surface area contributed by atoms with Crippen LogP contribution in [0.4, 0.5) is 0 Å². The van der Waals surface area contributed by atoms with Gasteiger partial charge in [0.05, 0.1) is 0 Å². The average molecular weight is 463 g/mol. The first kappa shape index (κ1) is 27.1. The Labute approximate surface area is 197 Å². The molecule has 0 unspecified atom stereocenters. The second kappa shape index (κ2) is 13.5. The summed E-state index contributed by atoms with van der Waals surface area (Å²) in [5, 5.41) is 0. The van der Waals surface area contributed by atoms with Gasteiger partial charge < -0.3 is 4.12 Å². The summed E-state index contributed by atoms with van der Waals surface area (Å²) < 4.78 is 7.19. The van der Waals surface area contributed by atoms with Gasteiger partial charge in [0.1, 0.15) is 0 Å². The van der Waals surface area contributed by atoms with Crippen LogP contribution >= 0.6 is 0 Å². The van der Waals surface area contributed by atoms with Crippen LogP contribution < -0.4 is 0 Å². The Hall–Kier alpha value is -0.126. The van der Waals surface area contributed by atoms with E-state index < -0.39 is 16.6 Å². The molecule has 0 amide bonds. The van der Waals surface area contributed by atoms with Gasteiger partial charge in [-0.1, -0.05) is 61.8 Å². The van der Waals surface area contributed by atoms with Crippen molar-refractivity contribution in [2.24, 2.45) is 0 Å².